The van der Waals surface area contributed by atoms with E-state index in [0.29, 0.717) is 18.2 Å². The highest BCUT2D eigenvalue weighted by Gasteiger charge is 2.24. The van der Waals surface area contributed by atoms with Crippen LogP contribution in [0.1, 0.15) is 26.7 Å². The van der Waals surface area contributed by atoms with Crippen LogP contribution in [0.5, 0.6) is 0 Å². The van der Waals surface area contributed by atoms with E-state index in [1.807, 2.05) is 34.0 Å². The quantitative estimate of drug-likeness (QED) is 0.586. The summed E-state index contributed by atoms with van der Waals surface area (Å²) < 4.78 is 27.4. The highest BCUT2D eigenvalue weighted by molar-refractivity contribution is 7.89. The summed E-state index contributed by atoms with van der Waals surface area (Å²) in [6.07, 6.45) is 2.29. The third kappa shape index (κ3) is 5.79. The molecule has 0 radical (unpaired) electrons. The monoisotopic (exact) mass is 427 g/mol. The Balaban J connectivity index is 2.29. The standard InChI is InChI=1S/C19H33N5O2S2/c1-5-24(6-2)28(25,26)16-9-10-18(23-12-7-8-13-23)17(15-16)21-19(27)20-11-14-22(3)4/h9-10,15H,5-8,11-14H2,1-4H3,(H2,20,21,27). The predicted octanol–water partition coefficient (Wildman–Crippen LogP) is 2.17. The molecule has 0 saturated carbocycles. The molecule has 0 aliphatic carbocycles. The Bertz CT molecular complexity index is 758. The van der Waals surface area contributed by atoms with Crippen LogP contribution in [-0.2, 0) is 10.0 Å². The van der Waals surface area contributed by atoms with Crippen molar-refractivity contribution in [2.24, 2.45) is 0 Å². The average Bonchev–Trinajstić information content (AvgIpc) is 3.16. The van der Waals surface area contributed by atoms with Gasteiger partial charge < -0.3 is 20.4 Å². The summed E-state index contributed by atoms with van der Waals surface area (Å²) in [4.78, 5) is 4.64. The summed E-state index contributed by atoms with van der Waals surface area (Å²) in [6.45, 7) is 8.10. The lowest BCUT2D eigenvalue weighted by Crippen LogP contribution is -2.35. The van der Waals surface area contributed by atoms with Gasteiger partial charge in [0.1, 0.15) is 0 Å². The number of benzene rings is 1. The van der Waals surface area contributed by atoms with E-state index in [4.69, 9.17) is 12.2 Å². The summed E-state index contributed by atoms with van der Waals surface area (Å²) in [5.74, 6) is 0. The number of sulfonamides is 1. The lowest BCUT2D eigenvalue weighted by Gasteiger charge is -2.24. The van der Waals surface area contributed by atoms with Crippen LogP contribution in [0.2, 0.25) is 0 Å². The molecule has 7 nitrogen and oxygen atoms in total. The van der Waals surface area contributed by atoms with Gasteiger partial charge in [0.15, 0.2) is 5.11 Å². The zero-order chi connectivity index (χ0) is 20.7. The van der Waals surface area contributed by atoms with Crippen LogP contribution < -0.4 is 15.5 Å². The van der Waals surface area contributed by atoms with Crippen molar-refractivity contribution in [3.05, 3.63) is 18.2 Å². The van der Waals surface area contributed by atoms with E-state index in [-0.39, 0.29) is 4.90 Å². The second kappa shape index (κ2) is 10.4. The molecule has 2 rings (SSSR count). The molecule has 1 aromatic carbocycles. The van der Waals surface area contributed by atoms with Crippen molar-refractivity contribution in [2.75, 3.05) is 63.6 Å². The molecular weight excluding hydrogens is 394 g/mol. The summed E-state index contributed by atoms with van der Waals surface area (Å²) in [5, 5.41) is 6.91. The third-order valence-corrected chi connectivity index (χ3v) is 7.14. The topological polar surface area (TPSA) is 67.9 Å². The van der Waals surface area contributed by atoms with E-state index in [1.54, 1.807) is 12.1 Å². The maximum atomic E-state index is 12.9. The Morgan fingerprint density at radius 3 is 2.39 bits per heavy atom. The summed E-state index contributed by atoms with van der Waals surface area (Å²) in [5.41, 5.74) is 1.73. The molecule has 0 spiro atoms. The first-order valence-electron chi connectivity index (χ1n) is 9.88. The number of nitrogens with one attached hydrogen (secondary N) is 2. The molecule has 158 valence electrons. The molecule has 0 amide bonds. The normalized spacial score (nSPS) is 14.7. The molecule has 1 aromatic rings. The number of anilines is 2. The maximum absolute atomic E-state index is 12.9. The Hall–Kier alpha value is -1.42. The zero-order valence-electron chi connectivity index (χ0n) is 17.4. The van der Waals surface area contributed by atoms with Crippen LogP contribution in [0, 0.1) is 0 Å². The summed E-state index contributed by atoms with van der Waals surface area (Å²) in [6, 6.07) is 5.31. The fourth-order valence-corrected chi connectivity index (χ4v) is 4.98. The van der Waals surface area contributed by atoms with E-state index in [0.717, 1.165) is 50.4 Å². The fraction of sp³-hybridized carbons (Fsp3) is 0.632. The molecule has 28 heavy (non-hydrogen) atoms. The molecule has 0 bridgehead atoms. The Morgan fingerprint density at radius 2 is 1.82 bits per heavy atom. The van der Waals surface area contributed by atoms with Crippen molar-refractivity contribution in [2.45, 2.75) is 31.6 Å². The number of rotatable bonds is 9. The molecule has 2 N–H and O–H groups in total. The smallest absolute Gasteiger partial charge is 0.243 e. The highest BCUT2D eigenvalue weighted by atomic mass is 32.2. The van der Waals surface area contributed by atoms with Gasteiger partial charge in [0.05, 0.1) is 16.3 Å². The van der Waals surface area contributed by atoms with Gasteiger partial charge >= 0.3 is 0 Å². The SMILES string of the molecule is CCN(CC)S(=O)(=O)c1ccc(N2CCCC2)c(NC(=S)NCCN(C)C)c1. The summed E-state index contributed by atoms with van der Waals surface area (Å²) >= 11 is 5.44. The van der Waals surface area contributed by atoms with Crippen molar-refractivity contribution in [3.8, 4) is 0 Å². The zero-order valence-corrected chi connectivity index (χ0v) is 19.0. The molecule has 1 aliphatic rings. The van der Waals surface area contributed by atoms with Crippen LogP contribution in [0.3, 0.4) is 0 Å². The fourth-order valence-electron chi connectivity index (χ4n) is 3.28. The van der Waals surface area contributed by atoms with Gasteiger partial charge in [0, 0.05) is 39.3 Å². The third-order valence-electron chi connectivity index (χ3n) is 4.85. The number of hydrogen-bond donors (Lipinski definition) is 2. The molecule has 1 aliphatic heterocycles. The molecule has 0 aromatic heterocycles. The van der Waals surface area contributed by atoms with Crippen LogP contribution >= 0.6 is 12.2 Å². The molecule has 0 atom stereocenters. The van der Waals surface area contributed by atoms with E-state index < -0.39 is 10.0 Å². The molecule has 9 heteroatoms. The average molecular weight is 428 g/mol. The largest absolute Gasteiger partial charge is 0.370 e. The Kier molecular flexibility index (Phi) is 8.48. The van der Waals surface area contributed by atoms with Gasteiger partial charge in [-0.05, 0) is 57.4 Å². The first-order valence-corrected chi connectivity index (χ1v) is 11.7. The second-order valence-corrected chi connectivity index (χ2v) is 9.49. The maximum Gasteiger partial charge on any atom is 0.243 e. The van der Waals surface area contributed by atoms with Crippen LogP contribution in [0.4, 0.5) is 11.4 Å². The van der Waals surface area contributed by atoms with Gasteiger partial charge in [-0.3, -0.25) is 0 Å². The van der Waals surface area contributed by atoms with Crippen LogP contribution in [-0.4, -0.2) is 76.1 Å². The first kappa shape index (κ1) is 22.9. The van der Waals surface area contributed by atoms with E-state index >= 15 is 0 Å². The Labute approximate surface area is 175 Å². The summed E-state index contributed by atoms with van der Waals surface area (Å²) in [7, 11) is 0.487. The second-order valence-electron chi connectivity index (χ2n) is 7.15. The highest BCUT2D eigenvalue weighted by Crippen LogP contribution is 2.32. The number of nitrogens with zero attached hydrogens (tertiary/aromatic N) is 3. The first-order chi connectivity index (χ1) is 13.3. The van der Waals surface area contributed by atoms with Crippen LogP contribution in [0.15, 0.2) is 23.1 Å². The molecular formula is C19H33N5O2S2. The Morgan fingerprint density at radius 1 is 1.18 bits per heavy atom. The minimum atomic E-state index is -3.52. The van der Waals surface area contributed by atoms with E-state index in [9.17, 15) is 8.42 Å². The predicted molar refractivity (Wildman–Crippen MR) is 121 cm³/mol. The number of hydrogen-bond acceptors (Lipinski definition) is 5. The minimum Gasteiger partial charge on any atom is -0.370 e. The van der Waals surface area contributed by atoms with Gasteiger partial charge in [0.2, 0.25) is 10.0 Å². The van der Waals surface area contributed by atoms with Crippen molar-refractivity contribution in [3.63, 3.8) is 0 Å². The van der Waals surface area contributed by atoms with Gasteiger partial charge in [-0.1, -0.05) is 13.8 Å². The lowest BCUT2D eigenvalue weighted by molar-refractivity contribution is 0.413. The molecule has 1 heterocycles. The van der Waals surface area contributed by atoms with Gasteiger partial charge in [-0.25, -0.2) is 8.42 Å². The van der Waals surface area contributed by atoms with Crippen molar-refractivity contribution < 1.29 is 8.42 Å². The van der Waals surface area contributed by atoms with Crippen molar-refractivity contribution in [1.29, 1.82) is 0 Å². The molecule has 0 unspecified atom stereocenters. The van der Waals surface area contributed by atoms with Crippen molar-refractivity contribution in [1.82, 2.24) is 14.5 Å². The van der Waals surface area contributed by atoms with Gasteiger partial charge in [-0.2, -0.15) is 4.31 Å². The number of likely N-dealkylation sites (N-methyl/N-ethyl adjacent to an activating group) is 1. The van der Waals surface area contributed by atoms with Gasteiger partial charge in [0.25, 0.3) is 0 Å². The lowest BCUT2D eigenvalue weighted by atomic mass is 10.2. The molecule has 1 fully saturated rings. The number of thiocarbonyl (C=S) groups is 1. The molecule has 1 saturated heterocycles. The van der Waals surface area contributed by atoms with E-state index in [1.165, 1.54) is 4.31 Å². The van der Waals surface area contributed by atoms with E-state index in [2.05, 4.69) is 20.4 Å². The van der Waals surface area contributed by atoms with Crippen molar-refractivity contribution >= 4 is 38.7 Å². The minimum absolute atomic E-state index is 0.290. The van der Waals surface area contributed by atoms with Crippen LogP contribution in [0.25, 0.3) is 0 Å². The van der Waals surface area contributed by atoms with Gasteiger partial charge in [-0.15, -0.1) is 0 Å².